The molecule has 0 aliphatic carbocycles. The predicted molar refractivity (Wildman–Crippen MR) is 63.9 cm³/mol. The van der Waals surface area contributed by atoms with Crippen molar-refractivity contribution in [1.82, 2.24) is 0 Å². The quantitative estimate of drug-likeness (QED) is 0.797. The lowest BCUT2D eigenvalue weighted by atomic mass is 9.97. The summed E-state index contributed by atoms with van der Waals surface area (Å²) in [5.74, 6) is -0.443. The number of carboxylic acids is 1. The minimum atomic E-state index is -1.17. The first-order chi connectivity index (χ1) is 8.07. The van der Waals surface area contributed by atoms with Gasteiger partial charge in [0, 0.05) is 0 Å². The molecule has 0 aliphatic heterocycles. The average molecular weight is 238 g/mol. The van der Waals surface area contributed by atoms with Crippen molar-refractivity contribution in [3.63, 3.8) is 0 Å². The van der Waals surface area contributed by atoms with Crippen molar-refractivity contribution in [2.75, 3.05) is 0 Å². The molecule has 0 heterocycles. The zero-order chi connectivity index (χ0) is 12.9. The molecule has 0 aliphatic rings. The largest absolute Gasteiger partial charge is 0.478 e. The standard InChI is InChI=1S/C13H18O4/c1-3-13(4-2,12(15)16)17-11-7-5-10(9-14)6-8-11/h5-8,14H,3-4,9H2,1-2H3,(H,15,16). The van der Waals surface area contributed by atoms with Crippen LogP contribution in [0, 0.1) is 0 Å². The summed E-state index contributed by atoms with van der Waals surface area (Å²) in [5.41, 5.74) is -0.396. The fourth-order valence-corrected chi connectivity index (χ4v) is 1.63. The molecular formula is C13H18O4. The highest BCUT2D eigenvalue weighted by Gasteiger charge is 2.37. The maximum atomic E-state index is 11.2. The molecule has 0 aromatic heterocycles. The van der Waals surface area contributed by atoms with Crippen molar-refractivity contribution in [2.24, 2.45) is 0 Å². The number of hydrogen-bond donors (Lipinski definition) is 2. The van der Waals surface area contributed by atoms with Crippen molar-refractivity contribution in [3.8, 4) is 5.75 Å². The van der Waals surface area contributed by atoms with Gasteiger partial charge in [0.1, 0.15) is 5.75 Å². The molecule has 2 N–H and O–H groups in total. The second kappa shape index (κ2) is 5.68. The van der Waals surface area contributed by atoms with Crippen LogP contribution in [0.4, 0.5) is 0 Å². The molecule has 0 unspecified atom stereocenters. The molecule has 0 saturated carbocycles. The summed E-state index contributed by atoms with van der Waals surface area (Å²) >= 11 is 0. The van der Waals surface area contributed by atoms with Gasteiger partial charge < -0.3 is 14.9 Å². The van der Waals surface area contributed by atoms with Crippen molar-refractivity contribution in [1.29, 1.82) is 0 Å². The highest BCUT2D eigenvalue weighted by Crippen LogP contribution is 2.25. The first-order valence-corrected chi connectivity index (χ1v) is 5.70. The van der Waals surface area contributed by atoms with Gasteiger partial charge in [0.05, 0.1) is 6.61 Å². The number of aliphatic carboxylic acids is 1. The predicted octanol–water partition coefficient (Wildman–Crippen LogP) is 2.20. The highest BCUT2D eigenvalue weighted by atomic mass is 16.5. The normalized spacial score (nSPS) is 11.2. The Morgan fingerprint density at radius 3 is 2.12 bits per heavy atom. The van der Waals surface area contributed by atoms with Gasteiger partial charge in [-0.3, -0.25) is 0 Å². The van der Waals surface area contributed by atoms with Crippen LogP contribution >= 0.6 is 0 Å². The first-order valence-electron chi connectivity index (χ1n) is 5.70. The number of rotatable bonds is 6. The van der Waals surface area contributed by atoms with Gasteiger partial charge in [-0.25, -0.2) is 4.79 Å². The minimum absolute atomic E-state index is 0.0358. The van der Waals surface area contributed by atoms with E-state index in [1.54, 1.807) is 38.1 Å². The van der Waals surface area contributed by atoms with E-state index in [-0.39, 0.29) is 6.61 Å². The molecule has 0 fully saturated rings. The molecule has 94 valence electrons. The Kier molecular flexibility index (Phi) is 4.52. The fraction of sp³-hybridized carbons (Fsp3) is 0.462. The van der Waals surface area contributed by atoms with E-state index in [9.17, 15) is 9.90 Å². The van der Waals surface area contributed by atoms with Gasteiger partial charge in [-0.1, -0.05) is 26.0 Å². The summed E-state index contributed by atoms with van der Waals surface area (Å²) in [6.45, 7) is 3.55. The van der Waals surface area contributed by atoms with E-state index >= 15 is 0 Å². The molecule has 0 bridgehead atoms. The summed E-state index contributed by atoms with van der Waals surface area (Å²) in [6, 6.07) is 6.78. The van der Waals surface area contributed by atoms with Gasteiger partial charge in [0.15, 0.2) is 0 Å². The molecule has 0 spiro atoms. The number of benzene rings is 1. The zero-order valence-corrected chi connectivity index (χ0v) is 10.1. The average Bonchev–Trinajstić information content (AvgIpc) is 2.36. The molecule has 17 heavy (non-hydrogen) atoms. The molecule has 0 amide bonds. The molecule has 0 radical (unpaired) electrons. The third-order valence-electron chi connectivity index (χ3n) is 2.95. The maximum Gasteiger partial charge on any atom is 0.348 e. The van der Waals surface area contributed by atoms with Gasteiger partial charge in [-0.15, -0.1) is 0 Å². The van der Waals surface area contributed by atoms with Crippen LogP contribution in [0.15, 0.2) is 24.3 Å². The second-order valence-electron chi connectivity index (χ2n) is 3.91. The Hall–Kier alpha value is -1.55. The third-order valence-corrected chi connectivity index (χ3v) is 2.95. The van der Waals surface area contributed by atoms with Crippen molar-refractivity contribution in [2.45, 2.75) is 38.9 Å². The molecular weight excluding hydrogens is 220 g/mol. The lowest BCUT2D eigenvalue weighted by Gasteiger charge is -2.28. The third kappa shape index (κ3) is 2.97. The number of carboxylic acid groups (broad SMARTS) is 1. The summed E-state index contributed by atoms with van der Waals surface area (Å²) in [6.07, 6.45) is 0.807. The number of hydrogen-bond acceptors (Lipinski definition) is 3. The second-order valence-corrected chi connectivity index (χ2v) is 3.91. The summed E-state index contributed by atoms with van der Waals surface area (Å²) < 4.78 is 5.58. The summed E-state index contributed by atoms with van der Waals surface area (Å²) in [5, 5.41) is 18.1. The van der Waals surface area contributed by atoms with E-state index < -0.39 is 11.6 Å². The van der Waals surface area contributed by atoms with Crippen molar-refractivity contribution >= 4 is 5.97 Å². The van der Waals surface area contributed by atoms with E-state index in [1.165, 1.54) is 0 Å². The SMILES string of the molecule is CCC(CC)(Oc1ccc(CO)cc1)C(=O)O. The van der Waals surface area contributed by atoms with Crippen LogP contribution in [-0.2, 0) is 11.4 Å². The fourth-order valence-electron chi connectivity index (χ4n) is 1.63. The first kappa shape index (κ1) is 13.5. The Bertz CT molecular complexity index is 366. The number of carbonyl (C=O) groups is 1. The minimum Gasteiger partial charge on any atom is -0.478 e. The van der Waals surface area contributed by atoms with Gasteiger partial charge in [0.25, 0.3) is 0 Å². The Morgan fingerprint density at radius 1 is 1.24 bits per heavy atom. The number of aliphatic hydroxyl groups is 1. The van der Waals surface area contributed by atoms with Crippen LogP contribution < -0.4 is 4.74 Å². The molecule has 4 nitrogen and oxygen atoms in total. The molecule has 1 rings (SSSR count). The Labute approximate surface area is 101 Å². The smallest absolute Gasteiger partial charge is 0.348 e. The van der Waals surface area contributed by atoms with E-state index in [0.717, 1.165) is 5.56 Å². The van der Waals surface area contributed by atoms with E-state index in [4.69, 9.17) is 9.84 Å². The molecule has 0 saturated heterocycles. The maximum absolute atomic E-state index is 11.2. The highest BCUT2D eigenvalue weighted by molar-refractivity contribution is 5.77. The molecule has 0 atom stereocenters. The Balaban J connectivity index is 2.89. The van der Waals surface area contributed by atoms with E-state index in [1.807, 2.05) is 0 Å². The molecule has 1 aromatic carbocycles. The van der Waals surface area contributed by atoms with Crippen LogP contribution in [-0.4, -0.2) is 21.8 Å². The molecule has 1 aromatic rings. The monoisotopic (exact) mass is 238 g/mol. The van der Waals surface area contributed by atoms with Gasteiger partial charge >= 0.3 is 5.97 Å². The molecule has 4 heteroatoms. The zero-order valence-electron chi connectivity index (χ0n) is 10.1. The van der Waals surface area contributed by atoms with E-state index in [2.05, 4.69) is 0 Å². The summed E-state index contributed by atoms with van der Waals surface area (Å²) in [7, 11) is 0. The lowest BCUT2D eigenvalue weighted by molar-refractivity contribution is -0.156. The van der Waals surface area contributed by atoms with Crippen molar-refractivity contribution < 1.29 is 19.7 Å². The van der Waals surface area contributed by atoms with Gasteiger partial charge in [0.2, 0.25) is 5.60 Å². The Morgan fingerprint density at radius 2 is 1.76 bits per heavy atom. The number of aliphatic hydroxyl groups excluding tert-OH is 1. The van der Waals surface area contributed by atoms with Crippen LogP contribution in [0.1, 0.15) is 32.3 Å². The lowest BCUT2D eigenvalue weighted by Crippen LogP contribution is -2.43. The van der Waals surface area contributed by atoms with Gasteiger partial charge in [-0.2, -0.15) is 0 Å². The van der Waals surface area contributed by atoms with Crippen LogP contribution in [0.3, 0.4) is 0 Å². The summed E-state index contributed by atoms with van der Waals surface area (Å²) in [4.78, 5) is 11.2. The van der Waals surface area contributed by atoms with Crippen LogP contribution in [0.5, 0.6) is 5.75 Å². The number of ether oxygens (including phenoxy) is 1. The van der Waals surface area contributed by atoms with Crippen LogP contribution in [0.2, 0.25) is 0 Å². The van der Waals surface area contributed by atoms with Crippen LogP contribution in [0.25, 0.3) is 0 Å². The topological polar surface area (TPSA) is 66.8 Å². The van der Waals surface area contributed by atoms with Crippen molar-refractivity contribution in [3.05, 3.63) is 29.8 Å². The van der Waals surface area contributed by atoms with E-state index in [0.29, 0.717) is 18.6 Å². The van der Waals surface area contributed by atoms with Gasteiger partial charge in [-0.05, 0) is 30.5 Å².